The van der Waals surface area contributed by atoms with Gasteiger partial charge in [0.15, 0.2) is 6.10 Å². The zero-order valence-corrected chi connectivity index (χ0v) is 34.9. The van der Waals surface area contributed by atoms with E-state index in [4.69, 9.17) is 19.3 Å². The first-order chi connectivity index (χ1) is 25.3. The Bertz CT molecular complexity index is 858. The molecule has 0 aromatic heterocycles. The molecule has 0 aromatic rings. The number of hydrogen-bond donors (Lipinski definition) is 2. The highest BCUT2D eigenvalue weighted by molar-refractivity contribution is 7.46. The van der Waals surface area contributed by atoms with Crippen molar-refractivity contribution >= 4 is 19.8 Å². The number of esters is 2. The van der Waals surface area contributed by atoms with E-state index in [1.165, 1.54) is 154 Å². The topological polar surface area (TPSA) is 119 Å². The van der Waals surface area contributed by atoms with Crippen LogP contribution in [0.2, 0.25) is 0 Å². The van der Waals surface area contributed by atoms with Crippen LogP contribution in [0.1, 0.15) is 232 Å². The number of carbonyl (C=O) groups excluding carboxylic acids is 2. The second-order valence-corrected chi connectivity index (χ2v) is 16.3. The summed E-state index contributed by atoms with van der Waals surface area (Å²) >= 11 is 0. The summed E-state index contributed by atoms with van der Waals surface area (Å²) in [6.45, 7) is 3.71. The van der Waals surface area contributed by atoms with Gasteiger partial charge in [-0.05, 0) is 38.5 Å². The lowest BCUT2D eigenvalue weighted by molar-refractivity contribution is -0.161. The predicted octanol–water partition coefficient (Wildman–Crippen LogP) is 13.4. The molecule has 0 heterocycles. The summed E-state index contributed by atoms with van der Waals surface area (Å²) in [5.41, 5.74) is 0. The van der Waals surface area contributed by atoms with Crippen molar-refractivity contribution < 1.29 is 37.9 Å². The number of ether oxygens (including phenoxy) is 2. The average Bonchev–Trinajstić information content (AvgIpc) is 3.11. The van der Waals surface area contributed by atoms with Crippen molar-refractivity contribution in [2.75, 3.05) is 13.2 Å². The lowest BCUT2D eigenvalue weighted by Gasteiger charge is -2.18. The number of hydrogen-bond acceptors (Lipinski definition) is 6. The van der Waals surface area contributed by atoms with Crippen molar-refractivity contribution in [2.24, 2.45) is 0 Å². The van der Waals surface area contributed by atoms with E-state index in [0.29, 0.717) is 6.42 Å². The summed E-state index contributed by atoms with van der Waals surface area (Å²) in [7, 11) is -4.75. The largest absolute Gasteiger partial charge is 0.469 e. The maximum Gasteiger partial charge on any atom is 0.469 e. The quantitative estimate of drug-likeness (QED) is 0.0274. The molecular formula is C43H83O8P. The summed E-state index contributed by atoms with van der Waals surface area (Å²) < 4.78 is 26.4. The number of phosphoric acid groups is 1. The van der Waals surface area contributed by atoms with Gasteiger partial charge in [-0.15, -0.1) is 0 Å². The summed E-state index contributed by atoms with van der Waals surface area (Å²) in [4.78, 5) is 42.9. The first kappa shape index (κ1) is 50.8. The molecule has 0 unspecified atom stereocenters. The molecule has 0 saturated heterocycles. The highest BCUT2D eigenvalue weighted by Gasteiger charge is 2.22. The van der Waals surface area contributed by atoms with Crippen LogP contribution in [0.15, 0.2) is 12.2 Å². The minimum absolute atomic E-state index is 0.217. The molecule has 0 aliphatic heterocycles. The number of allylic oxidation sites excluding steroid dienone is 2. The van der Waals surface area contributed by atoms with Gasteiger partial charge in [0.05, 0.1) is 6.61 Å². The van der Waals surface area contributed by atoms with Crippen molar-refractivity contribution in [1.29, 1.82) is 0 Å². The zero-order valence-electron chi connectivity index (χ0n) is 34.0. The SMILES string of the molecule is CCCCCCCC/C=C\CCCCCCCCCC(=O)OC[C@H](COP(=O)(O)O)OC(=O)CCCCCCCCCCCCCCCCCCC. The summed E-state index contributed by atoms with van der Waals surface area (Å²) in [6, 6.07) is 0. The standard InChI is InChI=1S/C43H83O8P/c1-3-5-7-9-11-13-15-17-19-21-23-25-27-29-31-33-35-37-42(44)49-39-41(40-50-52(46,47)48)51-43(45)38-36-34-32-30-28-26-24-22-20-18-16-14-12-10-8-6-4-2/h17,19,41H,3-16,18,20-40H2,1-2H3,(H2,46,47,48)/b19-17-/t41-/m1/s1. The Hall–Kier alpha value is -1.21. The minimum Gasteiger partial charge on any atom is -0.462 e. The monoisotopic (exact) mass is 759 g/mol. The molecule has 0 radical (unpaired) electrons. The highest BCUT2D eigenvalue weighted by Crippen LogP contribution is 2.36. The normalized spacial score (nSPS) is 12.5. The van der Waals surface area contributed by atoms with Crippen molar-refractivity contribution in [1.82, 2.24) is 0 Å². The van der Waals surface area contributed by atoms with Crippen LogP contribution in [0.3, 0.4) is 0 Å². The molecule has 52 heavy (non-hydrogen) atoms. The van der Waals surface area contributed by atoms with Gasteiger partial charge in [0.25, 0.3) is 0 Å². The van der Waals surface area contributed by atoms with E-state index in [9.17, 15) is 14.2 Å². The van der Waals surface area contributed by atoms with Crippen molar-refractivity contribution in [3.05, 3.63) is 12.2 Å². The molecule has 0 saturated carbocycles. The second kappa shape index (κ2) is 39.5. The molecule has 1 atom stereocenters. The molecule has 0 aromatic carbocycles. The van der Waals surface area contributed by atoms with E-state index < -0.39 is 32.5 Å². The van der Waals surface area contributed by atoms with Gasteiger partial charge in [-0.2, -0.15) is 0 Å². The number of unbranched alkanes of at least 4 members (excludes halogenated alkanes) is 29. The first-order valence-electron chi connectivity index (χ1n) is 22.0. The van der Waals surface area contributed by atoms with E-state index in [1.54, 1.807) is 0 Å². The van der Waals surface area contributed by atoms with Gasteiger partial charge >= 0.3 is 19.8 Å². The fraction of sp³-hybridized carbons (Fsp3) is 0.907. The molecule has 0 spiro atoms. The molecule has 0 rings (SSSR count). The molecule has 0 amide bonds. The third kappa shape index (κ3) is 41.5. The Morgan fingerprint density at radius 3 is 1.17 bits per heavy atom. The van der Waals surface area contributed by atoms with Crippen LogP contribution in [0.5, 0.6) is 0 Å². The molecule has 8 nitrogen and oxygen atoms in total. The lowest BCUT2D eigenvalue weighted by Crippen LogP contribution is -2.29. The fourth-order valence-corrected chi connectivity index (χ4v) is 6.85. The summed E-state index contributed by atoms with van der Waals surface area (Å²) in [6.07, 6.45) is 43.6. The summed E-state index contributed by atoms with van der Waals surface area (Å²) in [5, 5.41) is 0. The lowest BCUT2D eigenvalue weighted by atomic mass is 10.0. The summed E-state index contributed by atoms with van der Waals surface area (Å²) in [5.74, 6) is -0.876. The molecule has 0 aliphatic carbocycles. The molecule has 0 bridgehead atoms. The van der Waals surface area contributed by atoms with Crippen LogP contribution in [-0.2, 0) is 28.2 Å². The van der Waals surface area contributed by atoms with Crippen LogP contribution in [-0.4, -0.2) is 41.0 Å². The van der Waals surface area contributed by atoms with E-state index >= 15 is 0 Å². The fourth-order valence-electron chi connectivity index (χ4n) is 6.49. The predicted molar refractivity (Wildman–Crippen MR) is 216 cm³/mol. The van der Waals surface area contributed by atoms with Gasteiger partial charge in [-0.25, -0.2) is 4.57 Å². The third-order valence-corrected chi connectivity index (χ3v) is 10.3. The maximum atomic E-state index is 12.4. The third-order valence-electron chi connectivity index (χ3n) is 9.78. The number of carbonyl (C=O) groups is 2. The van der Waals surface area contributed by atoms with E-state index in [0.717, 1.165) is 44.9 Å². The van der Waals surface area contributed by atoms with Crippen molar-refractivity contribution in [3.63, 3.8) is 0 Å². The molecule has 0 aliphatic rings. The number of rotatable bonds is 41. The van der Waals surface area contributed by atoms with Crippen molar-refractivity contribution in [2.45, 2.75) is 238 Å². The van der Waals surface area contributed by atoms with E-state index in [1.807, 2.05) is 0 Å². The second-order valence-electron chi connectivity index (χ2n) is 15.0. The van der Waals surface area contributed by atoms with Crippen molar-refractivity contribution in [3.8, 4) is 0 Å². The first-order valence-corrected chi connectivity index (χ1v) is 23.5. The molecule has 9 heteroatoms. The Labute approximate surface area is 320 Å². The smallest absolute Gasteiger partial charge is 0.462 e. The average molecular weight is 759 g/mol. The van der Waals surface area contributed by atoms with Gasteiger partial charge in [-0.3, -0.25) is 14.1 Å². The van der Waals surface area contributed by atoms with Gasteiger partial charge in [0.1, 0.15) is 6.61 Å². The van der Waals surface area contributed by atoms with Gasteiger partial charge in [-0.1, -0.05) is 193 Å². The Balaban J connectivity index is 3.86. The van der Waals surface area contributed by atoms with Gasteiger partial charge < -0.3 is 19.3 Å². The molecule has 2 N–H and O–H groups in total. The van der Waals surface area contributed by atoms with Crippen LogP contribution in [0, 0.1) is 0 Å². The zero-order chi connectivity index (χ0) is 38.2. The van der Waals surface area contributed by atoms with Crippen LogP contribution < -0.4 is 0 Å². The minimum atomic E-state index is -4.75. The Kier molecular flexibility index (Phi) is 38.6. The molecule has 0 fully saturated rings. The maximum absolute atomic E-state index is 12.4. The van der Waals surface area contributed by atoms with E-state index in [-0.39, 0.29) is 19.4 Å². The van der Waals surface area contributed by atoms with Crippen LogP contribution in [0.25, 0.3) is 0 Å². The van der Waals surface area contributed by atoms with Gasteiger partial charge in [0, 0.05) is 12.8 Å². The highest BCUT2D eigenvalue weighted by atomic mass is 31.2. The van der Waals surface area contributed by atoms with Gasteiger partial charge in [0.2, 0.25) is 0 Å². The Morgan fingerprint density at radius 2 is 0.808 bits per heavy atom. The van der Waals surface area contributed by atoms with Crippen LogP contribution >= 0.6 is 7.82 Å². The number of phosphoric ester groups is 1. The molecule has 308 valence electrons. The van der Waals surface area contributed by atoms with E-state index in [2.05, 4.69) is 30.5 Å². The molecular weight excluding hydrogens is 675 g/mol. The Morgan fingerprint density at radius 1 is 0.481 bits per heavy atom. The van der Waals surface area contributed by atoms with Crippen LogP contribution in [0.4, 0.5) is 0 Å².